The van der Waals surface area contributed by atoms with Gasteiger partial charge in [0.25, 0.3) is 0 Å². The zero-order valence-corrected chi connectivity index (χ0v) is 10.4. The molecule has 0 spiro atoms. The number of carboxylic acids is 1. The minimum Gasteiger partial charge on any atom is -0.478 e. The lowest BCUT2D eigenvalue weighted by atomic mass is 10.3. The Hall–Kier alpha value is -2.15. The largest absolute Gasteiger partial charge is 0.478 e. The minimum atomic E-state index is -0.986. The summed E-state index contributed by atoms with van der Waals surface area (Å²) in [6, 6.07) is 7.70. The van der Waals surface area contributed by atoms with Crippen LogP contribution in [0.1, 0.15) is 9.75 Å². The number of thiophene rings is 1. The van der Waals surface area contributed by atoms with Crippen molar-refractivity contribution in [2.24, 2.45) is 0 Å². The van der Waals surface area contributed by atoms with E-state index in [4.69, 9.17) is 15.6 Å². The predicted molar refractivity (Wildman–Crippen MR) is 67.5 cm³/mol. The van der Waals surface area contributed by atoms with Crippen molar-refractivity contribution < 1.29 is 9.90 Å². The van der Waals surface area contributed by atoms with Gasteiger partial charge in [0, 0.05) is 22.4 Å². The van der Waals surface area contributed by atoms with Crippen LogP contribution in [0.2, 0.25) is 0 Å². The first-order chi connectivity index (χ1) is 8.65. The van der Waals surface area contributed by atoms with Crippen LogP contribution in [0.25, 0.3) is 6.08 Å². The monoisotopic (exact) mass is 261 g/mol. The molecule has 5 nitrogen and oxygen atoms in total. The van der Waals surface area contributed by atoms with Gasteiger partial charge in [-0.1, -0.05) is 0 Å². The lowest BCUT2D eigenvalue weighted by Crippen LogP contribution is -2.23. The van der Waals surface area contributed by atoms with E-state index in [-0.39, 0.29) is 13.1 Å². The number of hydrogen-bond acceptors (Lipinski definition) is 5. The van der Waals surface area contributed by atoms with Crippen molar-refractivity contribution in [2.45, 2.75) is 6.54 Å². The molecule has 1 N–H and O–H groups in total. The van der Waals surface area contributed by atoms with Crippen molar-refractivity contribution in [2.75, 3.05) is 13.1 Å². The number of nitrogens with zero attached hydrogens (tertiary/aromatic N) is 3. The third-order valence-corrected chi connectivity index (χ3v) is 3.08. The molecular formula is C12H11N3O2S. The van der Waals surface area contributed by atoms with Crippen molar-refractivity contribution in [1.82, 2.24) is 4.90 Å². The average molecular weight is 261 g/mol. The Morgan fingerprint density at radius 3 is 2.61 bits per heavy atom. The zero-order valence-electron chi connectivity index (χ0n) is 9.54. The second kappa shape index (κ2) is 7.23. The summed E-state index contributed by atoms with van der Waals surface area (Å²) in [5.41, 5.74) is 0. The molecule has 0 saturated heterocycles. The Morgan fingerprint density at radius 2 is 2.06 bits per heavy atom. The second-order valence-electron chi connectivity index (χ2n) is 3.44. The van der Waals surface area contributed by atoms with Crippen LogP contribution >= 0.6 is 11.3 Å². The SMILES string of the molecule is N#CCN(CC#N)Cc1ccc(C=CC(=O)O)s1. The van der Waals surface area contributed by atoms with Gasteiger partial charge in [-0.15, -0.1) is 11.3 Å². The van der Waals surface area contributed by atoms with E-state index in [9.17, 15) is 4.79 Å². The van der Waals surface area contributed by atoms with Gasteiger partial charge in [0.15, 0.2) is 0 Å². The highest BCUT2D eigenvalue weighted by Crippen LogP contribution is 2.19. The molecule has 1 aromatic heterocycles. The summed E-state index contributed by atoms with van der Waals surface area (Å²) >= 11 is 1.44. The van der Waals surface area contributed by atoms with Crippen molar-refractivity contribution >= 4 is 23.4 Å². The average Bonchev–Trinajstić information content (AvgIpc) is 2.75. The molecule has 1 heterocycles. The van der Waals surface area contributed by atoms with E-state index >= 15 is 0 Å². The van der Waals surface area contributed by atoms with Crippen molar-refractivity contribution in [3.8, 4) is 12.1 Å². The molecule has 18 heavy (non-hydrogen) atoms. The number of hydrogen-bond donors (Lipinski definition) is 1. The quantitative estimate of drug-likeness (QED) is 0.622. The minimum absolute atomic E-state index is 0.200. The highest BCUT2D eigenvalue weighted by atomic mass is 32.1. The number of rotatable bonds is 6. The molecule has 0 aliphatic rings. The topological polar surface area (TPSA) is 88.1 Å². The number of aliphatic carboxylic acids is 1. The molecule has 0 bridgehead atoms. The maximum absolute atomic E-state index is 10.4. The lowest BCUT2D eigenvalue weighted by molar-refractivity contribution is -0.131. The molecule has 0 atom stereocenters. The molecule has 0 saturated carbocycles. The smallest absolute Gasteiger partial charge is 0.328 e. The Balaban J connectivity index is 2.65. The normalized spacial score (nSPS) is 10.4. The molecule has 92 valence electrons. The van der Waals surface area contributed by atoms with E-state index in [0.29, 0.717) is 6.54 Å². The summed E-state index contributed by atoms with van der Waals surface area (Å²) in [6.07, 6.45) is 2.60. The van der Waals surface area contributed by atoms with Crippen LogP contribution in [-0.2, 0) is 11.3 Å². The third-order valence-electron chi connectivity index (χ3n) is 2.04. The summed E-state index contributed by atoms with van der Waals surface area (Å²) in [5.74, 6) is -0.986. The Kier molecular flexibility index (Phi) is 5.59. The third kappa shape index (κ3) is 4.79. The molecule has 0 aliphatic carbocycles. The summed E-state index contributed by atoms with van der Waals surface area (Å²) in [7, 11) is 0. The van der Waals surface area contributed by atoms with Gasteiger partial charge in [0.2, 0.25) is 0 Å². The Labute approximate surface area is 109 Å². The van der Waals surface area contributed by atoms with E-state index in [0.717, 1.165) is 15.8 Å². The molecule has 0 aromatic carbocycles. The summed E-state index contributed by atoms with van der Waals surface area (Å²) in [5, 5.41) is 25.7. The van der Waals surface area contributed by atoms with Crippen LogP contribution < -0.4 is 0 Å². The standard InChI is InChI=1S/C12H11N3O2S/c13-5-7-15(8-6-14)9-11-2-1-10(18-11)3-4-12(16)17/h1-4H,7-9H2,(H,16,17). The molecule has 0 radical (unpaired) electrons. The summed E-state index contributed by atoms with van der Waals surface area (Å²) in [4.78, 5) is 13.9. The van der Waals surface area contributed by atoms with Gasteiger partial charge in [0.05, 0.1) is 25.2 Å². The van der Waals surface area contributed by atoms with Gasteiger partial charge in [-0.05, 0) is 18.2 Å². The van der Waals surface area contributed by atoms with E-state index < -0.39 is 5.97 Å². The first-order valence-electron chi connectivity index (χ1n) is 5.11. The molecular weight excluding hydrogens is 250 g/mol. The number of carboxylic acid groups (broad SMARTS) is 1. The van der Waals surface area contributed by atoms with Crippen LogP contribution in [0, 0.1) is 22.7 Å². The van der Waals surface area contributed by atoms with Gasteiger partial charge >= 0.3 is 5.97 Å². The summed E-state index contributed by atoms with van der Waals surface area (Å²) < 4.78 is 0. The van der Waals surface area contributed by atoms with Crippen molar-refractivity contribution in [3.63, 3.8) is 0 Å². The van der Waals surface area contributed by atoms with Crippen LogP contribution in [0.4, 0.5) is 0 Å². The van der Waals surface area contributed by atoms with E-state index in [1.807, 2.05) is 24.3 Å². The molecule has 0 aliphatic heterocycles. The number of nitriles is 2. The molecule has 0 fully saturated rings. The second-order valence-corrected chi connectivity index (χ2v) is 4.64. The molecule has 0 unspecified atom stereocenters. The number of carbonyl (C=O) groups is 1. The van der Waals surface area contributed by atoms with Gasteiger partial charge in [-0.25, -0.2) is 4.79 Å². The first-order valence-corrected chi connectivity index (χ1v) is 5.93. The Bertz CT molecular complexity index is 506. The summed E-state index contributed by atoms with van der Waals surface area (Å²) in [6.45, 7) is 0.921. The van der Waals surface area contributed by atoms with E-state index in [1.54, 1.807) is 4.90 Å². The first kappa shape index (κ1) is 13.9. The van der Waals surface area contributed by atoms with Gasteiger partial charge in [-0.2, -0.15) is 10.5 Å². The fourth-order valence-corrected chi connectivity index (χ4v) is 2.27. The van der Waals surface area contributed by atoms with Gasteiger partial charge < -0.3 is 5.11 Å². The van der Waals surface area contributed by atoms with Crippen LogP contribution in [0.15, 0.2) is 18.2 Å². The lowest BCUT2D eigenvalue weighted by Gasteiger charge is -2.13. The van der Waals surface area contributed by atoms with Crippen LogP contribution in [0.5, 0.6) is 0 Å². The molecule has 1 aromatic rings. The van der Waals surface area contributed by atoms with Crippen LogP contribution in [0.3, 0.4) is 0 Å². The highest BCUT2D eigenvalue weighted by molar-refractivity contribution is 7.12. The molecule has 0 amide bonds. The molecule has 1 rings (SSSR count). The van der Waals surface area contributed by atoms with E-state index in [2.05, 4.69) is 0 Å². The fourth-order valence-electron chi connectivity index (χ4n) is 1.31. The maximum Gasteiger partial charge on any atom is 0.328 e. The van der Waals surface area contributed by atoms with Crippen molar-refractivity contribution in [3.05, 3.63) is 28.0 Å². The Morgan fingerprint density at radius 1 is 1.39 bits per heavy atom. The maximum atomic E-state index is 10.4. The van der Waals surface area contributed by atoms with Crippen LogP contribution in [-0.4, -0.2) is 29.1 Å². The fraction of sp³-hybridized carbons (Fsp3) is 0.250. The van der Waals surface area contributed by atoms with Crippen molar-refractivity contribution in [1.29, 1.82) is 10.5 Å². The molecule has 6 heteroatoms. The van der Waals surface area contributed by atoms with Gasteiger partial charge in [0.1, 0.15) is 0 Å². The van der Waals surface area contributed by atoms with Gasteiger partial charge in [-0.3, -0.25) is 4.90 Å². The van der Waals surface area contributed by atoms with E-state index in [1.165, 1.54) is 17.4 Å². The highest BCUT2D eigenvalue weighted by Gasteiger charge is 2.06. The zero-order chi connectivity index (χ0) is 13.4. The predicted octanol–water partition coefficient (Wildman–Crippen LogP) is 1.70.